The van der Waals surface area contributed by atoms with Gasteiger partial charge < -0.3 is 68.7 Å². The van der Waals surface area contributed by atoms with Gasteiger partial charge >= 0.3 is 5.97 Å². The van der Waals surface area contributed by atoms with Crippen molar-refractivity contribution in [1.29, 1.82) is 0 Å². The Kier molecular flexibility index (Phi) is 22.2. The Labute approximate surface area is 358 Å². The van der Waals surface area contributed by atoms with Crippen LogP contribution in [0, 0.1) is 23.7 Å². The standard InChI is InChI=1S/C44H79N3O13/c1-13-34-31(24-56-44-42(55-12)41(54-11)38(52)29(6)58-44)21-25(2)15-16-32(48)26(3)22-30(17-19-45-18-14-20-46(7)8)40(27(4)33(49)23-35(50)59-34)60-43-39(53)36(47(9)10)37(51)28(5)57-43/h15-16,21,26-31,33-34,36-45,49,51-53H,13-14,17-20,22-24H2,1-12H3/b16-15+,25-21+/t26-,27+,28-,29-,30+,31-,33?,34-,36+,37-,38-,39-,40-,41-,42-,43+,44-/m1/s1. The number of likely N-dealkylation sites (N-methyl/N-ethyl adjacent to an activating group) is 1. The van der Waals surface area contributed by atoms with Crippen molar-refractivity contribution in [3.63, 3.8) is 0 Å². The molecule has 0 aromatic heterocycles. The zero-order chi connectivity index (χ0) is 44.8. The number of nitrogens with one attached hydrogen (secondary N) is 1. The van der Waals surface area contributed by atoms with Gasteiger partial charge in [-0.1, -0.05) is 38.5 Å². The summed E-state index contributed by atoms with van der Waals surface area (Å²) in [5, 5.41) is 48.5. The third-order valence-electron chi connectivity index (χ3n) is 12.4. The predicted octanol–water partition coefficient (Wildman–Crippen LogP) is 1.90. The zero-order valence-electron chi connectivity index (χ0n) is 38.3. The van der Waals surface area contributed by atoms with Crippen molar-refractivity contribution in [3.05, 3.63) is 23.8 Å². The molecule has 5 N–H and O–H groups in total. The largest absolute Gasteiger partial charge is 0.462 e. The Balaban J connectivity index is 1.99. The van der Waals surface area contributed by atoms with Crippen molar-refractivity contribution in [2.45, 2.75) is 153 Å². The number of aliphatic hydroxyl groups is 4. The Bertz CT molecular complexity index is 1350. The Hall–Kier alpha value is -1.90. The number of aliphatic hydroxyl groups excluding tert-OH is 4. The van der Waals surface area contributed by atoms with E-state index in [1.807, 2.05) is 40.9 Å². The first-order chi connectivity index (χ1) is 28.3. The molecule has 0 amide bonds. The number of methoxy groups -OCH3 is 2. The number of allylic oxidation sites excluding steroid dienone is 3. The fourth-order valence-electron chi connectivity index (χ4n) is 8.62. The minimum Gasteiger partial charge on any atom is -0.462 e. The summed E-state index contributed by atoms with van der Waals surface area (Å²) in [5.74, 6) is -2.65. The summed E-state index contributed by atoms with van der Waals surface area (Å²) in [6.45, 7) is 13.2. The summed E-state index contributed by atoms with van der Waals surface area (Å²) < 4.78 is 42.4. The Morgan fingerprint density at radius 1 is 0.850 bits per heavy atom. The van der Waals surface area contributed by atoms with Crippen LogP contribution in [0.1, 0.15) is 73.6 Å². The number of cyclic esters (lactones) is 1. The molecule has 17 atom stereocenters. The number of rotatable bonds is 16. The van der Waals surface area contributed by atoms with Gasteiger partial charge in [0.2, 0.25) is 0 Å². The van der Waals surface area contributed by atoms with E-state index in [0.717, 1.165) is 25.1 Å². The molecular formula is C44H79N3O13. The quantitative estimate of drug-likeness (QED) is 0.111. The number of ketones is 1. The van der Waals surface area contributed by atoms with Gasteiger partial charge in [-0.25, -0.2) is 0 Å². The molecule has 3 aliphatic heterocycles. The maximum atomic E-state index is 13.9. The maximum absolute atomic E-state index is 13.9. The molecule has 16 nitrogen and oxygen atoms in total. The topological polar surface area (TPSA) is 198 Å². The average Bonchev–Trinajstić information content (AvgIpc) is 3.19. The van der Waals surface area contributed by atoms with Crippen molar-refractivity contribution < 1.29 is 63.2 Å². The molecule has 1 unspecified atom stereocenters. The molecule has 3 heterocycles. The van der Waals surface area contributed by atoms with Crippen LogP contribution in [0.2, 0.25) is 0 Å². The number of hydrogen-bond donors (Lipinski definition) is 5. The second-order valence-electron chi connectivity index (χ2n) is 17.6. The van der Waals surface area contributed by atoms with Gasteiger partial charge in [-0.05, 0) is 106 Å². The average molecular weight is 858 g/mol. The van der Waals surface area contributed by atoms with Crippen LogP contribution in [0.15, 0.2) is 23.8 Å². The number of hydrogen-bond acceptors (Lipinski definition) is 16. The van der Waals surface area contributed by atoms with Crippen LogP contribution in [0.5, 0.6) is 0 Å². The van der Waals surface area contributed by atoms with E-state index in [1.54, 1.807) is 51.9 Å². The molecular weight excluding hydrogens is 778 g/mol. The molecule has 0 aliphatic carbocycles. The number of carbonyl (C=O) groups excluding carboxylic acids is 2. The lowest BCUT2D eigenvalue weighted by atomic mass is 9.79. The summed E-state index contributed by atoms with van der Waals surface area (Å²) in [4.78, 5) is 31.5. The molecule has 0 spiro atoms. The summed E-state index contributed by atoms with van der Waals surface area (Å²) in [6, 6.07) is -0.691. The third-order valence-corrected chi connectivity index (χ3v) is 12.4. The van der Waals surface area contributed by atoms with Crippen LogP contribution in [-0.4, -0.2) is 190 Å². The van der Waals surface area contributed by atoms with E-state index < -0.39 is 103 Å². The van der Waals surface area contributed by atoms with E-state index in [2.05, 4.69) is 10.2 Å². The van der Waals surface area contributed by atoms with Crippen LogP contribution >= 0.6 is 0 Å². The highest BCUT2D eigenvalue weighted by atomic mass is 16.7. The number of carbonyl (C=O) groups is 2. The number of ether oxygens (including phenoxy) is 7. The molecule has 2 saturated heterocycles. The van der Waals surface area contributed by atoms with Gasteiger partial charge in [0.25, 0.3) is 0 Å². The van der Waals surface area contributed by atoms with E-state index in [9.17, 15) is 30.0 Å². The molecule has 2 fully saturated rings. The van der Waals surface area contributed by atoms with Crippen molar-refractivity contribution >= 4 is 11.8 Å². The number of esters is 1. The van der Waals surface area contributed by atoms with E-state index in [1.165, 1.54) is 14.2 Å². The first-order valence-corrected chi connectivity index (χ1v) is 21.8. The van der Waals surface area contributed by atoms with Crippen LogP contribution in [0.4, 0.5) is 0 Å². The lowest BCUT2D eigenvalue weighted by molar-refractivity contribution is -0.304. The van der Waals surface area contributed by atoms with Crippen molar-refractivity contribution in [2.75, 3.05) is 68.7 Å². The van der Waals surface area contributed by atoms with Gasteiger partial charge in [0.15, 0.2) is 18.4 Å². The normalized spacial score (nSPS) is 40.6. The van der Waals surface area contributed by atoms with Crippen molar-refractivity contribution in [1.82, 2.24) is 15.1 Å². The predicted molar refractivity (Wildman–Crippen MR) is 226 cm³/mol. The maximum Gasteiger partial charge on any atom is 0.308 e. The molecule has 0 bridgehead atoms. The molecule has 0 aromatic carbocycles. The molecule has 0 radical (unpaired) electrons. The first-order valence-electron chi connectivity index (χ1n) is 21.8. The highest BCUT2D eigenvalue weighted by Gasteiger charge is 2.48. The third kappa shape index (κ3) is 14.8. The monoisotopic (exact) mass is 858 g/mol. The van der Waals surface area contributed by atoms with Crippen LogP contribution < -0.4 is 5.32 Å². The molecule has 348 valence electrons. The van der Waals surface area contributed by atoms with E-state index in [0.29, 0.717) is 25.8 Å². The Morgan fingerprint density at radius 2 is 1.50 bits per heavy atom. The SMILES string of the molecule is CC[C@H]1OC(=O)CC(O)[C@H](C)[C@@H](O[C@@H]2O[C@H](C)[C@@H](O)[C@H](N(C)C)[C@H]2O)[C@@H](CCNCCCN(C)C)C[C@@H](C)C(=O)/C=C/C(C)=C/[C@@H]1CO[C@@H]1O[C@H](C)[C@@H](O)[C@@H](OC)[C@H]1OC. The molecule has 16 heteroatoms. The van der Waals surface area contributed by atoms with E-state index in [4.69, 9.17) is 33.2 Å². The van der Waals surface area contributed by atoms with Gasteiger partial charge in [0.05, 0.1) is 49.6 Å². The lowest BCUT2D eigenvalue weighted by Crippen LogP contribution is -2.63. The number of nitrogens with zero attached hydrogens (tertiary/aromatic N) is 2. The summed E-state index contributed by atoms with van der Waals surface area (Å²) in [5.41, 5.74) is 0.751. The van der Waals surface area contributed by atoms with Gasteiger partial charge in [0.1, 0.15) is 30.5 Å². The fourth-order valence-corrected chi connectivity index (χ4v) is 8.62. The van der Waals surface area contributed by atoms with E-state index in [-0.39, 0.29) is 24.7 Å². The second-order valence-corrected chi connectivity index (χ2v) is 17.6. The van der Waals surface area contributed by atoms with E-state index >= 15 is 0 Å². The summed E-state index contributed by atoms with van der Waals surface area (Å²) >= 11 is 0. The Morgan fingerprint density at radius 3 is 2.12 bits per heavy atom. The lowest BCUT2D eigenvalue weighted by Gasteiger charge is -2.46. The fraction of sp³-hybridized carbons (Fsp3) is 0.864. The summed E-state index contributed by atoms with van der Waals surface area (Å²) in [7, 11) is 10.6. The van der Waals surface area contributed by atoms with Crippen molar-refractivity contribution in [3.8, 4) is 0 Å². The summed E-state index contributed by atoms with van der Waals surface area (Å²) in [6.07, 6.45) is -3.43. The molecule has 3 aliphatic rings. The van der Waals surface area contributed by atoms with Crippen LogP contribution in [-0.2, 0) is 42.7 Å². The highest BCUT2D eigenvalue weighted by molar-refractivity contribution is 5.91. The highest BCUT2D eigenvalue weighted by Crippen LogP contribution is 2.35. The first kappa shape index (κ1) is 52.4. The molecule has 60 heavy (non-hydrogen) atoms. The molecule has 3 rings (SSSR count). The zero-order valence-corrected chi connectivity index (χ0v) is 38.3. The minimum atomic E-state index is -1.24. The van der Waals surface area contributed by atoms with Gasteiger partial charge in [-0.2, -0.15) is 0 Å². The van der Waals surface area contributed by atoms with Crippen molar-refractivity contribution in [2.24, 2.45) is 23.7 Å². The molecule has 0 aromatic rings. The van der Waals surface area contributed by atoms with Gasteiger partial charge in [0, 0.05) is 32.0 Å². The smallest absolute Gasteiger partial charge is 0.308 e. The van der Waals surface area contributed by atoms with Gasteiger partial charge in [-0.15, -0.1) is 0 Å². The van der Waals surface area contributed by atoms with Crippen LogP contribution in [0.25, 0.3) is 0 Å². The minimum absolute atomic E-state index is 0.0373. The second kappa shape index (κ2) is 25.4. The van der Waals surface area contributed by atoms with Crippen LogP contribution in [0.3, 0.4) is 0 Å². The van der Waals surface area contributed by atoms with Gasteiger partial charge in [-0.3, -0.25) is 9.59 Å². The molecule has 0 saturated carbocycles.